The molecule has 0 radical (unpaired) electrons. The quantitative estimate of drug-likeness (QED) is 0.621. The third-order valence-electron chi connectivity index (χ3n) is 2.55. The molecule has 0 bridgehead atoms. The molecular weight excluding hydrogens is 458 g/mol. The average Bonchev–Trinajstić information content (AvgIpc) is 2.39. The molecule has 0 spiro atoms. The van der Waals surface area contributed by atoms with Crippen LogP contribution < -0.4 is 9.46 Å². The molecule has 0 heterocycles. The molecule has 2 rings (SSSR count). The number of ether oxygens (including phenoxy) is 1. The number of nitrogens with one attached hydrogen (secondary N) is 1. The summed E-state index contributed by atoms with van der Waals surface area (Å²) in [6.45, 7) is 0. The first-order valence-corrected chi connectivity index (χ1v) is 9.04. The van der Waals surface area contributed by atoms with Gasteiger partial charge in [-0.25, -0.2) is 0 Å². The number of rotatable bonds is 4. The summed E-state index contributed by atoms with van der Waals surface area (Å²) >= 11 is 14.8. The summed E-state index contributed by atoms with van der Waals surface area (Å²) in [5.74, 6) is 0.528. The first kappa shape index (κ1) is 19.2. The van der Waals surface area contributed by atoms with Crippen molar-refractivity contribution in [3.8, 4) is 11.5 Å². The van der Waals surface area contributed by atoms with Gasteiger partial charge < -0.3 is 4.74 Å². The van der Waals surface area contributed by atoms with E-state index < -0.39 is 15.5 Å². The highest BCUT2D eigenvalue weighted by Gasteiger charge is 2.46. The fourth-order valence-electron chi connectivity index (χ4n) is 1.57. The molecule has 0 aliphatic rings. The standard InChI is InChI=1S/C13H7BrCl2F3NO3S/c14-11-6-9(20-24(21,22)13(17,18)19)1-2-12(11)23-10-4-7(15)3-8(16)5-10/h1-6,20H. The molecule has 2 aromatic carbocycles. The Labute approximate surface area is 153 Å². The summed E-state index contributed by atoms with van der Waals surface area (Å²) in [4.78, 5) is 0. The normalized spacial score (nSPS) is 12.1. The molecule has 0 aliphatic heterocycles. The van der Waals surface area contributed by atoms with Crippen molar-refractivity contribution in [1.82, 2.24) is 0 Å². The van der Waals surface area contributed by atoms with Crippen molar-refractivity contribution in [2.75, 3.05) is 4.72 Å². The van der Waals surface area contributed by atoms with E-state index in [0.29, 0.717) is 15.8 Å². The second-order valence-corrected chi connectivity index (χ2v) is 7.80. The Hall–Kier alpha value is -1.16. The summed E-state index contributed by atoms with van der Waals surface area (Å²) < 4.78 is 66.4. The molecule has 0 fully saturated rings. The van der Waals surface area contributed by atoms with Gasteiger partial charge in [0.15, 0.2) is 0 Å². The van der Waals surface area contributed by atoms with E-state index in [1.165, 1.54) is 29.0 Å². The van der Waals surface area contributed by atoms with Gasteiger partial charge in [-0.3, -0.25) is 4.72 Å². The number of benzene rings is 2. The van der Waals surface area contributed by atoms with Crippen LogP contribution in [0, 0.1) is 0 Å². The molecule has 130 valence electrons. The molecule has 0 unspecified atom stereocenters. The minimum atomic E-state index is -5.50. The van der Waals surface area contributed by atoms with Crippen LogP contribution in [0.25, 0.3) is 0 Å². The summed E-state index contributed by atoms with van der Waals surface area (Å²) in [6, 6.07) is 8.01. The Bertz CT molecular complexity index is 855. The van der Waals surface area contributed by atoms with Gasteiger partial charge in [0.1, 0.15) is 11.5 Å². The third kappa shape index (κ3) is 4.69. The number of anilines is 1. The van der Waals surface area contributed by atoms with Crippen LogP contribution in [0.3, 0.4) is 0 Å². The Kier molecular flexibility index (Phi) is 5.58. The van der Waals surface area contributed by atoms with Crippen molar-refractivity contribution in [3.05, 3.63) is 50.9 Å². The lowest BCUT2D eigenvalue weighted by Crippen LogP contribution is -2.29. The van der Waals surface area contributed by atoms with Gasteiger partial charge in [0.05, 0.1) is 10.2 Å². The van der Waals surface area contributed by atoms with Crippen LogP contribution in [0.4, 0.5) is 18.9 Å². The highest BCUT2D eigenvalue weighted by atomic mass is 79.9. The maximum atomic E-state index is 12.4. The molecule has 0 saturated heterocycles. The van der Waals surface area contributed by atoms with E-state index in [-0.39, 0.29) is 15.9 Å². The smallest absolute Gasteiger partial charge is 0.456 e. The minimum absolute atomic E-state index is 0.223. The van der Waals surface area contributed by atoms with Crippen LogP contribution in [0.5, 0.6) is 11.5 Å². The van der Waals surface area contributed by atoms with Gasteiger partial charge in [0.25, 0.3) is 0 Å². The molecule has 0 aromatic heterocycles. The van der Waals surface area contributed by atoms with Crippen molar-refractivity contribution in [1.29, 1.82) is 0 Å². The molecule has 24 heavy (non-hydrogen) atoms. The Morgan fingerprint density at radius 1 is 1.04 bits per heavy atom. The average molecular weight is 465 g/mol. The minimum Gasteiger partial charge on any atom is -0.456 e. The highest BCUT2D eigenvalue weighted by Crippen LogP contribution is 2.35. The van der Waals surface area contributed by atoms with Crippen molar-refractivity contribution in [3.63, 3.8) is 0 Å². The van der Waals surface area contributed by atoms with Crippen LogP contribution in [0.2, 0.25) is 10.0 Å². The Morgan fingerprint density at radius 2 is 1.62 bits per heavy atom. The van der Waals surface area contributed by atoms with E-state index in [0.717, 1.165) is 12.1 Å². The largest absolute Gasteiger partial charge is 0.516 e. The van der Waals surface area contributed by atoms with Crippen LogP contribution in [0.1, 0.15) is 0 Å². The SMILES string of the molecule is O=S(=O)(Nc1ccc(Oc2cc(Cl)cc(Cl)c2)c(Br)c1)C(F)(F)F. The zero-order valence-electron chi connectivity index (χ0n) is 11.4. The molecule has 11 heteroatoms. The highest BCUT2D eigenvalue weighted by molar-refractivity contribution is 9.10. The lowest BCUT2D eigenvalue weighted by Gasteiger charge is -2.13. The van der Waals surface area contributed by atoms with Crippen LogP contribution >= 0.6 is 39.1 Å². The molecule has 0 saturated carbocycles. The van der Waals surface area contributed by atoms with Crippen LogP contribution in [0.15, 0.2) is 40.9 Å². The third-order valence-corrected chi connectivity index (χ3v) is 4.72. The van der Waals surface area contributed by atoms with Gasteiger partial charge in [-0.15, -0.1) is 0 Å². The lowest BCUT2D eigenvalue weighted by atomic mass is 10.3. The zero-order valence-corrected chi connectivity index (χ0v) is 15.3. The predicted octanol–water partition coefficient (Wildman–Crippen LogP) is 5.81. The second kappa shape index (κ2) is 6.99. The van der Waals surface area contributed by atoms with Gasteiger partial charge in [-0.1, -0.05) is 23.2 Å². The van der Waals surface area contributed by atoms with Crippen LogP contribution in [-0.2, 0) is 10.0 Å². The molecule has 0 atom stereocenters. The van der Waals surface area contributed by atoms with Gasteiger partial charge in [-0.2, -0.15) is 21.6 Å². The zero-order chi connectivity index (χ0) is 18.1. The fourth-order valence-corrected chi connectivity index (χ4v) is 3.09. The van der Waals surface area contributed by atoms with E-state index >= 15 is 0 Å². The summed E-state index contributed by atoms with van der Waals surface area (Å²) in [5, 5.41) is 0.673. The van der Waals surface area contributed by atoms with Crippen molar-refractivity contribution < 1.29 is 26.3 Å². The first-order valence-electron chi connectivity index (χ1n) is 6.00. The number of hydrogen-bond acceptors (Lipinski definition) is 3. The fraction of sp³-hybridized carbons (Fsp3) is 0.0769. The van der Waals surface area contributed by atoms with E-state index in [9.17, 15) is 21.6 Å². The number of hydrogen-bond donors (Lipinski definition) is 1. The molecule has 1 N–H and O–H groups in total. The van der Waals surface area contributed by atoms with Crippen molar-refractivity contribution in [2.24, 2.45) is 0 Å². The number of halogens is 6. The maximum Gasteiger partial charge on any atom is 0.516 e. The van der Waals surface area contributed by atoms with E-state index in [4.69, 9.17) is 27.9 Å². The van der Waals surface area contributed by atoms with E-state index in [2.05, 4.69) is 15.9 Å². The van der Waals surface area contributed by atoms with Crippen LogP contribution in [-0.4, -0.2) is 13.9 Å². The summed E-state index contributed by atoms with van der Waals surface area (Å²) in [5.41, 5.74) is -5.69. The number of alkyl halides is 3. The first-order chi connectivity index (χ1) is 11.0. The van der Waals surface area contributed by atoms with E-state index in [1.807, 2.05) is 0 Å². The summed E-state index contributed by atoms with van der Waals surface area (Å²) in [7, 11) is -5.50. The van der Waals surface area contributed by atoms with Gasteiger partial charge in [0.2, 0.25) is 0 Å². The molecule has 0 aliphatic carbocycles. The Morgan fingerprint density at radius 3 is 2.12 bits per heavy atom. The maximum absolute atomic E-state index is 12.4. The van der Waals surface area contributed by atoms with Crippen molar-refractivity contribution in [2.45, 2.75) is 5.51 Å². The lowest BCUT2D eigenvalue weighted by molar-refractivity contribution is -0.0429. The topological polar surface area (TPSA) is 55.4 Å². The Balaban J connectivity index is 2.24. The van der Waals surface area contributed by atoms with Gasteiger partial charge in [-0.05, 0) is 52.3 Å². The summed E-state index contributed by atoms with van der Waals surface area (Å²) in [6.07, 6.45) is 0. The monoisotopic (exact) mass is 463 g/mol. The molecule has 4 nitrogen and oxygen atoms in total. The molecular formula is C13H7BrCl2F3NO3S. The van der Waals surface area contributed by atoms with E-state index in [1.54, 1.807) is 0 Å². The predicted molar refractivity (Wildman–Crippen MR) is 89.3 cm³/mol. The van der Waals surface area contributed by atoms with Gasteiger partial charge >= 0.3 is 15.5 Å². The molecule has 2 aromatic rings. The van der Waals surface area contributed by atoms with Crippen molar-refractivity contribution >= 4 is 54.8 Å². The molecule has 0 amide bonds. The second-order valence-electron chi connectivity index (χ2n) is 4.40. The van der Waals surface area contributed by atoms with Gasteiger partial charge in [0, 0.05) is 10.0 Å². The number of sulfonamides is 1.